The van der Waals surface area contributed by atoms with Crippen LogP contribution in [0.5, 0.6) is 0 Å². The van der Waals surface area contributed by atoms with Crippen molar-refractivity contribution in [3.05, 3.63) is 132 Å². The normalized spacial score (nSPS) is 11.9. The molecular weight excluding hydrogens is 412 g/mol. The summed E-state index contributed by atoms with van der Waals surface area (Å²) in [5.74, 6) is -3.97. The highest BCUT2D eigenvalue weighted by Crippen LogP contribution is 2.28. The number of benzene rings is 2. The van der Waals surface area contributed by atoms with Crippen LogP contribution < -0.4 is 0 Å². The fraction of sp³-hybridized carbons (Fsp3) is 0.143. The van der Waals surface area contributed by atoms with E-state index in [1.54, 1.807) is 30.3 Å². The SMILES string of the molecule is C=C(/C=C\C(=C)C(=C)/C(F)=C(/F)C(=C)C)CCc1ccc(-c2ccc(C)cc2)c(F)c1F. The van der Waals surface area contributed by atoms with E-state index >= 15 is 0 Å². The molecule has 0 saturated carbocycles. The maximum absolute atomic E-state index is 14.6. The second-order valence-electron chi connectivity index (χ2n) is 7.67. The molecule has 0 saturated heterocycles. The molecule has 0 nitrogen and oxygen atoms in total. The van der Waals surface area contributed by atoms with Gasteiger partial charge in [0.05, 0.1) is 0 Å². The summed E-state index contributed by atoms with van der Waals surface area (Å²) in [6.45, 7) is 17.7. The maximum Gasteiger partial charge on any atom is 0.166 e. The average Bonchev–Trinajstić information content (AvgIpc) is 2.77. The molecule has 4 heteroatoms. The van der Waals surface area contributed by atoms with Crippen LogP contribution in [-0.2, 0) is 6.42 Å². The number of aryl methyl sites for hydroxylation is 2. The van der Waals surface area contributed by atoms with Crippen LogP contribution >= 0.6 is 0 Å². The van der Waals surface area contributed by atoms with Crippen LogP contribution in [0.2, 0.25) is 0 Å². The zero-order chi connectivity index (χ0) is 24.0. The largest absolute Gasteiger partial charge is 0.203 e. The third-order valence-electron chi connectivity index (χ3n) is 4.98. The molecular formula is C28H26F4. The Kier molecular flexibility index (Phi) is 8.36. The molecule has 0 fully saturated rings. The van der Waals surface area contributed by atoms with Crippen molar-refractivity contribution in [1.29, 1.82) is 0 Å². The monoisotopic (exact) mass is 438 g/mol. The molecule has 2 rings (SSSR count). The van der Waals surface area contributed by atoms with E-state index in [9.17, 15) is 17.6 Å². The molecule has 0 heterocycles. The molecule has 32 heavy (non-hydrogen) atoms. The Bertz CT molecular complexity index is 1130. The van der Waals surface area contributed by atoms with Crippen molar-refractivity contribution in [2.24, 2.45) is 0 Å². The number of rotatable bonds is 9. The first-order valence-corrected chi connectivity index (χ1v) is 10.0. The molecule has 0 bridgehead atoms. The third kappa shape index (κ3) is 6.07. The lowest BCUT2D eigenvalue weighted by atomic mass is 9.98. The summed E-state index contributed by atoms with van der Waals surface area (Å²) in [4.78, 5) is 0. The molecule has 166 valence electrons. The molecule has 0 unspecified atom stereocenters. The first-order chi connectivity index (χ1) is 15.0. The number of hydrogen-bond donors (Lipinski definition) is 0. The van der Waals surface area contributed by atoms with Crippen molar-refractivity contribution >= 4 is 0 Å². The molecule has 0 aliphatic heterocycles. The van der Waals surface area contributed by atoms with Crippen molar-refractivity contribution in [3.63, 3.8) is 0 Å². The topological polar surface area (TPSA) is 0 Å². The Labute approximate surface area is 187 Å². The Morgan fingerprint density at radius 1 is 0.844 bits per heavy atom. The zero-order valence-electron chi connectivity index (χ0n) is 18.4. The lowest BCUT2D eigenvalue weighted by molar-refractivity contribution is 0.501. The summed E-state index contributed by atoms with van der Waals surface area (Å²) in [5, 5.41) is 0. The summed E-state index contributed by atoms with van der Waals surface area (Å²) in [5.41, 5.74) is 2.58. The standard InChI is InChI=1S/C28H26F4/c1-17(2)25(29)26(30)21(6)20(5)11-7-18(3)10-14-23-15-16-24(28(32)27(23)31)22-12-8-19(4)9-13-22/h7-9,11-13,15-16H,1,3,5-6,10,14H2,2,4H3/b11-7-,26-25-. The van der Waals surface area contributed by atoms with E-state index in [-0.39, 0.29) is 34.3 Å². The van der Waals surface area contributed by atoms with Gasteiger partial charge in [0.25, 0.3) is 0 Å². The summed E-state index contributed by atoms with van der Waals surface area (Å²) >= 11 is 0. The van der Waals surface area contributed by atoms with E-state index < -0.39 is 23.3 Å². The summed E-state index contributed by atoms with van der Waals surface area (Å²) in [7, 11) is 0. The van der Waals surface area contributed by atoms with Gasteiger partial charge in [0.1, 0.15) is 0 Å². The zero-order valence-corrected chi connectivity index (χ0v) is 18.4. The van der Waals surface area contributed by atoms with Crippen LogP contribution in [0.25, 0.3) is 11.1 Å². The Morgan fingerprint density at radius 2 is 1.47 bits per heavy atom. The molecule has 0 atom stereocenters. The number of allylic oxidation sites excluding steroid dienone is 8. The number of halogens is 4. The van der Waals surface area contributed by atoms with Gasteiger partial charge in [-0.1, -0.05) is 86.0 Å². The van der Waals surface area contributed by atoms with E-state index in [0.717, 1.165) is 5.56 Å². The minimum atomic E-state index is -1.12. The second kappa shape index (κ2) is 10.8. The molecule has 0 radical (unpaired) electrons. The van der Waals surface area contributed by atoms with Crippen molar-refractivity contribution in [3.8, 4) is 11.1 Å². The first-order valence-electron chi connectivity index (χ1n) is 10.0. The van der Waals surface area contributed by atoms with Crippen molar-refractivity contribution in [2.75, 3.05) is 0 Å². The third-order valence-corrected chi connectivity index (χ3v) is 4.98. The van der Waals surface area contributed by atoms with Crippen LogP contribution in [0.1, 0.15) is 24.5 Å². The summed E-state index contributed by atoms with van der Waals surface area (Å²) < 4.78 is 56.8. The van der Waals surface area contributed by atoms with E-state index in [2.05, 4.69) is 26.3 Å². The molecule has 0 N–H and O–H groups in total. The van der Waals surface area contributed by atoms with E-state index in [1.165, 1.54) is 13.0 Å². The van der Waals surface area contributed by atoms with Crippen molar-refractivity contribution in [2.45, 2.75) is 26.7 Å². The minimum absolute atomic E-state index is 0.0486. The van der Waals surface area contributed by atoms with Crippen LogP contribution in [0.4, 0.5) is 17.6 Å². The van der Waals surface area contributed by atoms with Gasteiger partial charge in [0.2, 0.25) is 0 Å². The van der Waals surface area contributed by atoms with Crippen molar-refractivity contribution in [1.82, 2.24) is 0 Å². The minimum Gasteiger partial charge on any atom is -0.203 e. The highest BCUT2D eigenvalue weighted by molar-refractivity contribution is 5.65. The highest BCUT2D eigenvalue weighted by atomic mass is 19.2. The van der Waals surface area contributed by atoms with Crippen LogP contribution in [0.15, 0.2) is 109 Å². The van der Waals surface area contributed by atoms with Gasteiger partial charge in [0.15, 0.2) is 23.3 Å². The smallest absolute Gasteiger partial charge is 0.166 e. The van der Waals surface area contributed by atoms with E-state index in [0.29, 0.717) is 17.6 Å². The number of hydrogen-bond acceptors (Lipinski definition) is 0. The molecule has 0 aromatic heterocycles. The summed E-state index contributed by atoms with van der Waals surface area (Å²) in [6, 6.07) is 10.3. The maximum atomic E-state index is 14.6. The molecule has 0 aliphatic carbocycles. The molecule has 2 aromatic rings. The Balaban J connectivity index is 2.05. The predicted octanol–water partition coefficient (Wildman–Crippen LogP) is 8.82. The van der Waals surface area contributed by atoms with E-state index in [4.69, 9.17) is 0 Å². The van der Waals surface area contributed by atoms with Crippen LogP contribution in [0.3, 0.4) is 0 Å². The first kappa shape index (κ1) is 24.9. The molecule has 0 amide bonds. The van der Waals surface area contributed by atoms with Gasteiger partial charge < -0.3 is 0 Å². The second-order valence-corrected chi connectivity index (χ2v) is 7.67. The molecule has 2 aromatic carbocycles. The van der Waals surface area contributed by atoms with Gasteiger partial charge in [-0.05, 0) is 49.0 Å². The van der Waals surface area contributed by atoms with Gasteiger partial charge in [-0.3, -0.25) is 0 Å². The fourth-order valence-corrected chi connectivity index (χ4v) is 2.90. The van der Waals surface area contributed by atoms with Crippen molar-refractivity contribution < 1.29 is 17.6 Å². The van der Waals surface area contributed by atoms with E-state index in [1.807, 2.05) is 19.1 Å². The van der Waals surface area contributed by atoms with Gasteiger partial charge in [0, 0.05) is 11.1 Å². The Hall–Kier alpha value is -3.40. The average molecular weight is 439 g/mol. The Morgan fingerprint density at radius 3 is 2.06 bits per heavy atom. The van der Waals surface area contributed by atoms with Gasteiger partial charge >= 0.3 is 0 Å². The quantitative estimate of drug-likeness (QED) is 0.271. The van der Waals surface area contributed by atoms with Gasteiger partial charge in [-0.25, -0.2) is 17.6 Å². The highest BCUT2D eigenvalue weighted by Gasteiger charge is 2.15. The van der Waals surface area contributed by atoms with Gasteiger partial charge in [-0.15, -0.1) is 0 Å². The van der Waals surface area contributed by atoms with Gasteiger partial charge in [-0.2, -0.15) is 0 Å². The lowest BCUT2D eigenvalue weighted by Crippen LogP contribution is -1.98. The predicted molar refractivity (Wildman–Crippen MR) is 125 cm³/mol. The van der Waals surface area contributed by atoms with Crippen LogP contribution in [-0.4, -0.2) is 0 Å². The van der Waals surface area contributed by atoms with Crippen LogP contribution in [0, 0.1) is 18.6 Å². The summed E-state index contributed by atoms with van der Waals surface area (Å²) in [6.07, 6.45) is 3.59. The molecule has 0 aliphatic rings. The molecule has 0 spiro atoms. The lowest BCUT2D eigenvalue weighted by Gasteiger charge is -2.10. The fourth-order valence-electron chi connectivity index (χ4n) is 2.90.